The van der Waals surface area contributed by atoms with E-state index in [4.69, 9.17) is 18.9 Å². The molecule has 0 amide bonds. The lowest BCUT2D eigenvalue weighted by Gasteiger charge is -2.44. The molecule has 0 saturated heterocycles. The summed E-state index contributed by atoms with van der Waals surface area (Å²) in [4.78, 5) is 44.0. The normalized spacial score (nSPS) is 16.5. The molecule has 1 fully saturated rings. The number of carbonyl (C=O) groups excluding carboxylic acids is 3. The maximum Gasteiger partial charge on any atom is 0.191 e. The smallest absolute Gasteiger partial charge is 0.191 e. The van der Waals surface area contributed by atoms with Crippen molar-refractivity contribution >= 4 is 30.3 Å². The second-order valence-corrected chi connectivity index (χ2v) is 16.8. The maximum atomic E-state index is 15.2. The summed E-state index contributed by atoms with van der Waals surface area (Å²) in [6, 6.07) is 18.6. The third-order valence-electron chi connectivity index (χ3n) is 10.2. The molecule has 3 aromatic rings. The lowest BCUT2D eigenvalue weighted by molar-refractivity contribution is -0.116. The van der Waals surface area contributed by atoms with E-state index in [-0.39, 0.29) is 46.7 Å². The molecular formula is C39H49O9P. The van der Waals surface area contributed by atoms with Crippen molar-refractivity contribution in [3.05, 3.63) is 77.9 Å². The van der Waals surface area contributed by atoms with Crippen LogP contribution in [0.1, 0.15) is 80.0 Å². The van der Waals surface area contributed by atoms with Crippen LogP contribution in [0.2, 0.25) is 0 Å². The first-order valence-electron chi connectivity index (χ1n) is 16.7. The minimum Gasteiger partial charge on any atom is -0.496 e. The van der Waals surface area contributed by atoms with Gasteiger partial charge < -0.3 is 33.4 Å². The van der Waals surface area contributed by atoms with Crippen molar-refractivity contribution in [2.45, 2.75) is 64.6 Å². The number of rotatable bonds is 16. The number of hydrogen-bond donors (Lipinski definition) is 1. The number of ketones is 2. The molecule has 1 saturated carbocycles. The van der Waals surface area contributed by atoms with Gasteiger partial charge in [-0.25, -0.2) is 0 Å². The highest BCUT2D eigenvalue weighted by molar-refractivity contribution is 7.72. The molecule has 0 bridgehead atoms. The standard InChI is InChI=1S/C39H49O9P/c1-27(25-49(44,28-16-10-8-11-17-28)38(43)22-12-9-13-23-38)24-37(2,3)39(26-40,35(41)33-29(45-4)18-14-19-30(33)46-5)36(42)34-31(47-6)20-15-21-32(34)48-7/h8,10-11,14-21,26-27,43H,9,12-13,22-25H2,1-7H3. The molecule has 1 aliphatic carbocycles. The monoisotopic (exact) mass is 692 g/mol. The summed E-state index contributed by atoms with van der Waals surface area (Å²) in [5, 5.41) is 11.2. The number of aldehydes is 1. The van der Waals surface area contributed by atoms with E-state index in [1.165, 1.54) is 28.4 Å². The predicted octanol–water partition coefficient (Wildman–Crippen LogP) is 7.37. The number of Topliss-reactive ketones (excluding diaryl/α,β-unsaturated/α-hetero) is 2. The van der Waals surface area contributed by atoms with Crippen LogP contribution in [0.4, 0.5) is 0 Å². The minimum atomic E-state index is -3.46. The summed E-state index contributed by atoms with van der Waals surface area (Å²) in [7, 11) is 2.11. The predicted molar refractivity (Wildman–Crippen MR) is 190 cm³/mol. The average molecular weight is 693 g/mol. The highest BCUT2D eigenvalue weighted by Gasteiger charge is 2.60. The molecule has 4 rings (SSSR count). The molecular weight excluding hydrogens is 643 g/mol. The van der Waals surface area contributed by atoms with Gasteiger partial charge in [0.05, 0.1) is 28.4 Å². The fourth-order valence-electron chi connectivity index (χ4n) is 7.73. The van der Waals surface area contributed by atoms with Gasteiger partial charge in [0.25, 0.3) is 0 Å². The fraction of sp³-hybridized carbons (Fsp3) is 0.462. The van der Waals surface area contributed by atoms with Crippen molar-refractivity contribution in [1.82, 2.24) is 0 Å². The summed E-state index contributed by atoms with van der Waals surface area (Å²) in [6.07, 6.45) is 3.99. The van der Waals surface area contributed by atoms with E-state index in [0.717, 1.165) is 19.3 Å². The lowest BCUT2D eigenvalue weighted by atomic mass is 9.56. The molecule has 0 heterocycles. The first-order valence-corrected chi connectivity index (χ1v) is 18.5. The topological polar surface area (TPSA) is 125 Å². The Bertz CT molecular complexity index is 1580. The minimum absolute atomic E-state index is 0.0611. The number of aliphatic hydroxyl groups is 1. The van der Waals surface area contributed by atoms with Crippen LogP contribution in [0, 0.1) is 16.7 Å². The molecule has 9 nitrogen and oxygen atoms in total. The lowest BCUT2D eigenvalue weighted by Crippen LogP contribution is -2.53. The summed E-state index contributed by atoms with van der Waals surface area (Å²) in [6.45, 7) is 5.28. The zero-order chi connectivity index (χ0) is 36.0. The van der Waals surface area contributed by atoms with Crippen LogP contribution >= 0.6 is 7.14 Å². The molecule has 0 spiro atoms. The van der Waals surface area contributed by atoms with Crippen molar-refractivity contribution in [1.29, 1.82) is 0 Å². The van der Waals surface area contributed by atoms with Crippen LogP contribution in [0.5, 0.6) is 23.0 Å². The van der Waals surface area contributed by atoms with E-state index in [1.54, 1.807) is 62.4 Å². The Labute approximate surface area is 289 Å². The zero-order valence-corrected chi connectivity index (χ0v) is 30.5. The van der Waals surface area contributed by atoms with E-state index in [2.05, 4.69) is 0 Å². The summed E-state index contributed by atoms with van der Waals surface area (Å²) < 4.78 is 37.5. The number of methoxy groups -OCH3 is 4. The third-order valence-corrected chi connectivity index (χ3v) is 14.3. The fourth-order valence-corrected chi connectivity index (χ4v) is 11.5. The van der Waals surface area contributed by atoms with Gasteiger partial charge in [0.2, 0.25) is 0 Å². The highest BCUT2D eigenvalue weighted by atomic mass is 31.2. The second kappa shape index (κ2) is 15.3. The molecule has 10 heteroatoms. The van der Waals surface area contributed by atoms with E-state index >= 15 is 14.2 Å². The largest absolute Gasteiger partial charge is 0.496 e. The van der Waals surface area contributed by atoms with Crippen LogP contribution in [-0.2, 0) is 9.36 Å². The number of hydrogen-bond acceptors (Lipinski definition) is 9. The number of carbonyl (C=O) groups is 3. The molecule has 2 unspecified atom stereocenters. The quantitative estimate of drug-likeness (QED) is 0.0709. The van der Waals surface area contributed by atoms with Crippen molar-refractivity contribution in [3.8, 4) is 23.0 Å². The maximum absolute atomic E-state index is 15.2. The molecule has 1 N–H and O–H groups in total. The number of ether oxygens (including phenoxy) is 4. The van der Waals surface area contributed by atoms with Gasteiger partial charge in [-0.1, -0.05) is 82.5 Å². The van der Waals surface area contributed by atoms with Gasteiger partial charge in [-0.15, -0.1) is 0 Å². The second-order valence-electron chi connectivity index (χ2n) is 13.7. The molecule has 49 heavy (non-hydrogen) atoms. The first kappa shape index (κ1) is 37.9. The van der Waals surface area contributed by atoms with Crippen molar-refractivity contribution in [2.75, 3.05) is 34.6 Å². The molecule has 1 aliphatic rings. The molecule has 0 aromatic heterocycles. The first-order chi connectivity index (χ1) is 23.3. The SMILES string of the molecule is COc1cccc(OC)c1C(=O)C(C=O)(C(=O)c1c(OC)cccc1OC)C(C)(C)CC(C)CP(=O)(c1ccccc1)C1(O)CCCCC1. The van der Waals surface area contributed by atoms with Gasteiger partial charge in [-0.2, -0.15) is 0 Å². The Balaban J connectivity index is 1.91. The van der Waals surface area contributed by atoms with Crippen molar-refractivity contribution in [3.63, 3.8) is 0 Å². The molecule has 3 aromatic carbocycles. The Hall–Kier alpha value is -3.94. The van der Waals surface area contributed by atoms with Gasteiger partial charge in [-0.3, -0.25) is 9.59 Å². The molecule has 2 atom stereocenters. The van der Waals surface area contributed by atoms with Crippen LogP contribution in [0.25, 0.3) is 0 Å². The van der Waals surface area contributed by atoms with Gasteiger partial charge in [0.1, 0.15) is 52.9 Å². The third kappa shape index (κ3) is 6.80. The Kier molecular flexibility index (Phi) is 11.8. The van der Waals surface area contributed by atoms with Gasteiger partial charge in [0.15, 0.2) is 17.0 Å². The summed E-state index contributed by atoms with van der Waals surface area (Å²) in [5.41, 5.74) is -3.87. The van der Waals surface area contributed by atoms with E-state index in [0.29, 0.717) is 24.4 Å². The van der Waals surface area contributed by atoms with E-state index in [9.17, 15) is 9.90 Å². The van der Waals surface area contributed by atoms with Crippen molar-refractivity contribution < 1.29 is 43.0 Å². The van der Waals surface area contributed by atoms with Crippen LogP contribution in [0.3, 0.4) is 0 Å². The molecule has 264 valence electrons. The Morgan fingerprint density at radius 2 is 1.20 bits per heavy atom. The van der Waals surface area contributed by atoms with Crippen LogP contribution in [-0.4, -0.2) is 62.9 Å². The Morgan fingerprint density at radius 3 is 1.59 bits per heavy atom. The average Bonchev–Trinajstić information content (AvgIpc) is 3.11. The van der Waals surface area contributed by atoms with E-state index < -0.39 is 40.8 Å². The van der Waals surface area contributed by atoms with Crippen LogP contribution < -0.4 is 24.3 Å². The van der Waals surface area contributed by atoms with Crippen molar-refractivity contribution in [2.24, 2.45) is 16.7 Å². The summed E-state index contributed by atoms with van der Waals surface area (Å²) in [5.74, 6) is -1.52. The van der Waals surface area contributed by atoms with E-state index in [1.807, 2.05) is 25.1 Å². The number of benzene rings is 3. The highest BCUT2D eigenvalue weighted by Crippen LogP contribution is 2.63. The van der Waals surface area contributed by atoms with Crippen LogP contribution in [0.15, 0.2) is 66.7 Å². The Morgan fingerprint density at radius 1 is 0.776 bits per heavy atom. The van der Waals surface area contributed by atoms with Gasteiger partial charge in [0, 0.05) is 11.5 Å². The molecule has 0 aliphatic heterocycles. The van der Waals surface area contributed by atoms with Gasteiger partial charge >= 0.3 is 0 Å². The zero-order valence-electron chi connectivity index (χ0n) is 29.6. The molecule has 0 radical (unpaired) electrons. The summed E-state index contributed by atoms with van der Waals surface area (Å²) >= 11 is 0. The van der Waals surface area contributed by atoms with Gasteiger partial charge in [-0.05, 0) is 54.9 Å².